The fourth-order valence-electron chi connectivity index (χ4n) is 3.58. The molecule has 1 aliphatic rings. The molecule has 1 N–H and O–H groups in total. The topological polar surface area (TPSA) is 76.1 Å². The van der Waals surface area contributed by atoms with Crippen molar-refractivity contribution in [2.45, 2.75) is 19.0 Å². The number of nitrogens with zero attached hydrogens (tertiary/aromatic N) is 1. The summed E-state index contributed by atoms with van der Waals surface area (Å²) >= 11 is 7.67. The van der Waals surface area contributed by atoms with Gasteiger partial charge in [-0.15, -0.1) is 11.3 Å². The van der Waals surface area contributed by atoms with E-state index in [1.165, 1.54) is 11.3 Å². The Morgan fingerprint density at radius 1 is 1.13 bits per heavy atom. The van der Waals surface area contributed by atoms with Crippen molar-refractivity contribution in [3.8, 4) is 10.8 Å². The number of carbonyl (C=O) groups is 2. The van der Waals surface area contributed by atoms with Gasteiger partial charge >= 0.3 is 11.9 Å². The molecule has 0 saturated heterocycles. The number of para-hydroxylation sites is 1. The van der Waals surface area contributed by atoms with Gasteiger partial charge in [-0.1, -0.05) is 48.0 Å². The predicted octanol–water partition coefficient (Wildman–Crippen LogP) is 4.57. The van der Waals surface area contributed by atoms with Gasteiger partial charge in [-0.3, -0.25) is 9.69 Å². The van der Waals surface area contributed by atoms with Gasteiger partial charge in [0, 0.05) is 23.0 Å². The van der Waals surface area contributed by atoms with Crippen LogP contribution in [-0.4, -0.2) is 35.1 Å². The van der Waals surface area contributed by atoms with Crippen LogP contribution < -0.4 is 9.47 Å². The highest BCUT2D eigenvalue weighted by atomic mass is 35.5. The number of thiophene rings is 1. The minimum atomic E-state index is -0.948. The van der Waals surface area contributed by atoms with Gasteiger partial charge in [-0.05, 0) is 41.8 Å². The highest BCUT2D eigenvalue weighted by Crippen LogP contribution is 2.37. The third-order valence-electron chi connectivity index (χ3n) is 4.99. The first-order valence-electron chi connectivity index (χ1n) is 9.72. The Morgan fingerprint density at radius 2 is 1.87 bits per heavy atom. The first kappa shape index (κ1) is 21.4. The fourth-order valence-corrected chi connectivity index (χ4v) is 4.85. The smallest absolute Gasteiger partial charge is 0.350 e. The lowest BCUT2D eigenvalue weighted by Crippen LogP contribution is -2.37. The molecule has 0 fully saturated rings. The number of halogens is 1. The number of benzene rings is 2. The molecule has 2 aromatic carbocycles. The summed E-state index contributed by atoms with van der Waals surface area (Å²) in [7, 11) is 0. The molecule has 0 unspecified atom stereocenters. The van der Waals surface area contributed by atoms with Gasteiger partial charge in [0.1, 0.15) is 11.8 Å². The van der Waals surface area contributed by atoms with Crippen LogP contribution in [0.3, 0.4) is 0 Å². The van der Waals surface area contributed by atoms with Gasteiger partial charge in [0.25, 0.3) is 0 Å². The van der Waals surface area contributed by atoms with E-state index in [0.29, 0.717) is 40.9 Å². The molecular formula is C23H20ClNO5S. The molecule has 4 rings (SSSR count). The molecule has 0 aliphatic carbocycles. The normalized spacial score (nSPS) is 14.5. The lowest BCUT2D eigenvalue weighted by molar-refractivity contribution is -0.144. The summed E-state index contributed by atoms with van der Waals surface area (Å²) in [4.78, 5) is 27.1. The Hall–Kier alpha value is -2.87. The summed E-state index contributed by atoms with van der Waals surface area (Å²) in [6.07, 6.45) is 0.673. The zero-order chi connectivity index (χ0) is 21.8. The Balaban J connectivity index is 1.42. The zero-order valence-corrected chi connectivity index (χ0v) is 18.1. The third kappa shape index (κ3) is 5.07. The Labute approximate surface area is 188 Å². The van der Waals surface area contributed by atoms with Crippen molar-refractivity contribution in [1.29, 1.82) is 0 Å². The second-order valence-electron chi connectivity index (χ2n) is 7.07. The van der Waals surface area contributed by atoms with Crippen LogP contribution in [0.4, 0.5) is 0 Å². The SMILES string of the molecule is O=C(COc1ccccc1)Oc1cc2c(s1)CCN([C@H](C(=O)O)c1ccccc1Cl)C2. The lowest BCUT2D eigenvalue weighted by Gasteiger charge is -2.32. The highest BCUT2D eigenvalue weighted by molar-refractivity contribution is 7.14. The molecule has 0 amide bonds. The van der Waals surface area contributed by atoms with Crippen molar-refractivity contribution >= 4 is 34.9 Å². The first-order chi connectivity index (χ1) is 15.0. The lowest BCUT2D eigenvalue weighted by atomic mass is 10.0. The number of hydrogen-bond acceptors (Lipinski definition) is 6. The van der Waals surface area contributed by atoms with Gasteiger partial charge in [0.05, 0.1) is 0 Å². The summed E-state index contributed by atoms with van der Waals surface area (Å²) < 4.78 is 10.9. The van der Waals surface area contributed by atoms with Crippen molar-refractivity contribution in [2.24, 2.45) is 0 Å². The van der Waals surface area contributed by atoms with E-state index in [-0.39, 0.29) is 6.61 Å². The van der Waals surface area contributed by atoms with E-state index in [0.717, 1.165) is 10.4 Å². The van der Waals surface area contributed by atoms with E-state index in [2.05, 4.69) is 0 Å². The molecule has 8 heteroatoms. The molecule has 6 nitrogen and oxygen atoms in total. The number of carboxylic acid groups (broad SMARTS) is 1. The molecule has 3 aromatic rings. The minimum Gasteiger partial charge on any atom is -0.482 e. The molecule has 2 heterocycles. The molecule has 0 bridgehead atoms. The van der Waals surface area contributed by atoms with E-state index in [1.54, 1.807) is 42.5 Å². The van der Waals surface area contributed by atoms with Crippen molar-refractivity contribution < 1.29 is 24.2 Å². The number of ether oxygens (including phenoxy) is 2. The number of rotatable bonds is 7. The molecule has 1 aromatic heterocycles. The Morgan fingerprint density at radius 3 is 2.61 bits per heavy atom. The van der Waals surface area contributed by atoms with Crippen LogP contribution in [0.1, 0.15) is 22.0 Å². The van der Waals surface area contributed by atoms with Crippen molar-refractivity contribution in [2.75, 3.05) is 13.2 Å². The summed E-state index contributed by atoms with van der Waals surface area (Å²) in [5.74, 6) is -0.838. The summed E-state index contributed by atoms with van der Waals surface area (Å²) in [6, 6.07) is 17.0. The van der Waals surface area contributed by atoms with Crippen LogP contribution in [0, 0.1) is 0 Å². The molecule has 160 valence electrons. The first-order valence-corrected chi connectivity index (χ1v) is 10.9. The van der Waals surface area contributed by atoms with Crippen LogP contribution in [-0.2, 0) is 22.6 Å². The van der Waals surface area contributed by atoms with Gasteiger partial charge in [0.15, 0.2) is 11.7 Å². The average molecular weight is 458 g/mol. The number of fused-ring (bicyclic) bond motifs is 1. The second-order valence-corrected chi connectivity index (χ2v) is 8.58. The molecule has 0 radical (unpaired) electrons. The predicted molar refractivity (Wildman–Crippen MR) is 118 cm³/mol. The number of carbonyl (C=O) groups excluding carboxylic acids is 1. The molecule has 1 atom stereocenters. The van der Waals surface area contributed by atoms with E-state index >= 15 is 0 Å². The third-order valence-corrected chi connectivity index (χ3v) is 6.45. The van der Waals surface area contributed by atoms with Crippen molar-refractivity contribution in [1.82, 2.24) is 4.90 Å². The standard InChI is InChI=1S/C23H20ClNO5S/c24-18-9-5-4-8-17(18)22(23(27)28)25-11-10-19-15(13-25)12-21(31-19)30-20(26)14-29-16-6-2-1-3-7-16/h1-9,12,22H,10-11,13-14H2,(H,27,28)/t22-/m0/s1. The number of hydrogen-bond donors (Lipinski definition) is 1. The minimum absolute atomic E-state index is 0.188. The zero-order valence-electron chi connectivity index (χ0n) is 16.5. The molecule has 1 aliphatic heterocycles. The maximum atomic E-state index is 12.1. The molecular weight excluding hydrogens is 438 g/mol. The molecule has 0 spiro atoms. The van der Waals surface area contributed by atoms with Crippen molar-refractivity contribution in [3.05, 3.63) is 81.7 Å². The quantitative estimate of drug-likeness (QED) is 0.524. The van der Waals surface area contributed by atoms with Gasteiger partial charge in [-0.2, -0.15) is 0 Å². The monoisotopic (exact) mass is 457 g/mol. The van der Waals surface area contributed by atoms with Crippen LogP contribution in [0.25, 0.3) is 0 Å². The van der Waals surface area contributed by atoms with E-state index in [4.69, 9.17) is 21.1 Å². The van der Waals surface area contributed by atoms with Crippen LogP contribution >= 0.6 is 22.9 Å². The van der Waals surface area contributed by atoms with Gasteiger partial charge in [0.2, 0.25) is 0 Å². The largest absolute Gasteiger partial charge is 0.482 e. The van der Waals surface area contributed by atoms with Crippen LogP contribution in [0.15, 0.2) is 60.7 Å². The van der Waals surface area contributed by atoms with Crippen molar-refractivity contribution in [3.63, 3.8) is 0 Å². The van der Waals surface area contributed by atoms with Gasteiger partial charge < -0.3 is 14.6 Å². The highest BCUT2D eigenvalue weighted by Gasteiger charge is 2.32. The number of esters is 1. The maximum absolute atomic E-state index is 12.1. The number of carboxylic acids is 1. The summed E-state index contributed by atoms with van der Waals surface area (Å²) in [5, 5.41) is 10.8. The Kier molecular flexibility index (Phi) is 6.56. The van der Waals surface area contributed by atoms with Crippen LogP contribution in [0.2, 0.25) is 5.02 Å². The maximum Gasteiger partial charge on any atom is 0.350 e. The molecule has 31 heavy (non-hydrogen) atoms. The van der Waals surface area contributed by atoms with E-state index in [9.17, 15) is 14.7 Å². The Bertz CT molecular complexity index is 1080. The summed E-state index contributed by atoms with van der Waals surface area (Å²) in [6.45, 7) is 0.818. The fraction of sp³-hybridized carbons (Fsp3) is 0.217. The molecule has 0 saturated carbocycles. The van der Waals surface area contributed by atoms with E-state index in [1.807, 2.05) is 23.1 Å². The second kappa shape index (κ2) is 9.51. The van der Waals surface area contributed by atoms with E-state index < -0.39 is 18.0 Å². The average Bonchev–Trinajstić information content (AvgIpc) is 3.16. The van der Waals surface area contributed by atoms with Gasteiger partial charge in [-0.25, -0.2) is 4.79 Å². The van der Waals surface area contributed by atoms with Crippen LogP contribution in [0.5, 0.6) is 10.8 Å². The summed E-state index contributed by atoms with van der Waals surface area (Å²) in [5.41, 5.74) is 1.53. The number of aliphatic carboxylic acids is 1.